The molecule has 146 valence electrons. The highest BCUT2D eigenvalue weighted by Gasteiger charge is 2.23. The van der Waals surface area contributed by atoms with E-state index in [1.807, 2.05) is 19.9 Å². The van der Waals surface area contributed by atoms with Crippen LogP contribution in [0.4, 0.5) is 0 Å². The molecule has 27 heavy (non-hydrogen) atoms. The number of nitrogens with one attached hydrogen (secondary N) is 1. The lowest BCUT2D eigenvalue weighted by Gasteiger charge is -2.34. The first-order chi connectivity index (χ1) is 12.8. The van der Waals surface area contributed by atoms with Crippen LogP contribution >= 0.6 is 0 Å². The first-order valence-corrected chi connectivity index (χ1v) is 9.00. The molecule has 0 unspecified atom stereocenters. The highest BCUT2D eigenvalue weighted by Crippen LogP contribution is 2.21. The van der Waals surface area contributed by atoms with Gasteiger partial charge in [-0.25, -0.2) is 9.98 Å². The van der Waals surface area contributed by atoms with Crippen LogP contribution in [0.3, 0.4) is 0 Å². The number of allylic oxidation sites excluding steroid dienone is 1. The van der Waals surface area contributed by atoms with Gasteiger partial charge in [0.25, 0.3) is 0 Å². The number of amidine groups is 2. The molecule has 2 rings (SSSR count). The Hall–Kier alpha value is -2.83. The molecule has 0 radical (unpaired) electrons. The summed E-state index contributed by atoms with van der Waals surface area (Å²) >= 11 is 0. The Kier molecular flexibility index (Phi) is 6.98. The smallest absolute Gasteiger partial charge is 0.213 e. The van der Waals surface area contributed by atoms with Crippen molar-refractivity contribution < 1.29 is 9.47 Å². The fraction of sp³-hybridized carbons (Fsp3) is 0.450. The van der Waals surface area contributed by atoms with Crippen LogP contribution in [0.15, 0.2) is 46.7 Å². The molecule has 1 aromatic rings. The van der Waals surface area contributed by atoms with Crippen LogP contribution in [0, 0.1) is 5.41 Å². The van der Waals surface area contributed by atoms with Gasteiger partial charge in [-0.15, -0.1) is 0 Å². The van der Waals surface area contributed by atoms with Crippen LogP contribution in [-0.4, -0.2) is 47.9 Å². The number of rotatable bonds is 6. The average Bonchev–Trinajstić information content (AvgIpc) is 2.67. The number of pyridine rings is 1. The van der Waals surface area contributed by atoms with Crippen molar-refractivity contribution in [1.82, 2.24) is 9.88 Å². The standard InChI is InChI=1S/C20H29N5O2/c1-13(2)24-19(21)14(3)15(4)20(22)25-10-8-16(9-11-25)27-17-6-7-18(26-5)23-12-17/h6-7,12,16,22H,1,8-11H2,2-5H3,(H2,21,24)/b15-14-,22-20?. The van der Waals surface area contributed by atoms with Gasteiger partial charge in [-0.05, 0) is 38.0 Å². The number of piperidine rings is 1. The van der Waals surface area contributed by atoms with E-state index in [0.717, 1.165) is 42.8 Å². The summed E-state index contributed by atoms with van der Waals surface area (Å²) in [6, 6.07) is 3.65. The predicted octanol–water partition coefficient (Wildman–Crippen LogP) is 3.14. The van der Waals surface area contributed by atoms with Crippen LogP contribution in [0.1, 0.15) is 33.6 Å². The molecule has 0 saturated carbocycles. The maximum atomic E-state index is 8.50. The Bertz CT molecular complexity index is 744. The van der Waals surface area contributed by atoms with Crippen molar-refractivity contribution in [1.29, 1.82) is 5.41 Å². The summed E-state index contributed by atoms with van der Waals surface area (Å²) in [7, 11) is 1.59. The second kappa shape index (κ2) is 9.21. The first kappa shape index (κ1) is 20.5. The van der Waals surface area contributed by atoms with E-state index in [4.69, 9.17) is 20.6 Å². The molecule has 0 amide bonds. The van der Waals surface area contributed by atoms with Gasteiger partial charge in [-0.3, -0.25) is 5.41 Å². The number of likely N-dealkylation sites (tertiary alicyclic amines) is 1. The Labute approximate surface area is 161 Å². The molecule has 1 fully saturated rings. The number of aliphatic imine (C=N–C) groups is 1. The van der Waals surface area contributed by atoms with Gasteiger partial charge in [-0.1, -0.05) is 6.58 Å². The molecule has 1 aromatic heterocycles. The van der Waals surface area contributed by atoms with E-state index in [9.17, 15) is 0 Å². The summed E-state index contributed by atoms with van der Waals surface area (Å²) in [5, 5.41) is 8.50. The predicted molar refractivity (Wildman–Crippen MR) is 109 cm³/mol. The molecule has 7 nitrogen and oxygen atoms in total. The van der Waals surface area contributed by atoms with Crippen molar-refractivity contribution in [3.63, 3.8) is 0 Å². The van der Waals surface area contributed by atoms with Crippen LogP contribution in [0.5, 0.6) is 11.6 Å². The Balaban J connectivity index is 1.93. The largest absolute Gasteiger partial charge is 0.489 e. The Morgan fingerprint density at radius 1 is 1.26 bits per heavy atom. The second-order valence-corrected chi connectivity index (χ2v) is 6.67. The SMILES string of the molecule is C=C(C)N=C(N)/C(C)=C(/C)C(=N)N1CCC(Oc2ccc(OC)nc2)CC1. The third kappa shape index (κ3) is 5.57. The van der Waals surface area contributed by atoms with Gasteiger partial charge in [0, 0.05) is 37.7 Å². The molecule has 3 N–H and O–H groups in total. The van der Waals surface area contributed by atoms with E-state index >= 15 is 0 Å². The van der Waals surface area contributed by atoms with Crippen LogP contribution < -0.4 is 15.2 Å². The van der Waals surface area contributed by atoms with Crippen LogP contribution in [-0.2, 0) is 0 Å². The van der Waals surface area contributed by atoms with Crippen molar-refractivity contribution in [3.05, 3.63) is 41.8 Å². The minimum Gasteiger partial charge on any atom is -0.489 e. The minimum atomic E-state index is 0.115. The lowest BCUT2D eigenvalue weighted by Crippen LogP contribution is -2.42. The number of ether oxygens (including phenoxy) is 2. The highest BCUT2D eigenvalue weighted by atomic mass is 16.5. The van der Waals surface area contributed by atoms with Gasteiger partial charge in [-0.2, -0.15) is 0 Å². The van der Waals surface area contributed by atoms with Gasteiger partial charge >= 0.3 is 0 Å². The van der Waals surface area contributed by atoms with Gasteiger partial charge in [0.05, 0.1) is 13.3 Å². The molecule has 0 bridgehead atoms. The molecular formula is C20H29N5O2. The van der Waals surface area contributed by atoms with Crippen molar-refractivity contribution in [2.45, 2.75) is 39.7 Å². The number of nitrogens with zero attached hydrogens (tertiary/aromatic N) is 3. The Morgan fingerprint density at radius 3 is 2.44 bits per heavy atom. The van der Waals surface area contributed by atoms with Crippen molar-refractivity contribution in [2.24, 2.45) is 10.7 Å². The van der Waals surface area contributed by atoms with E-state index in [1.54, 1.807) is 26.3 Å². The molecule has 2 heterocycles. The average molecular weight is 371 g/mol. The van der Waals surface area contributed by atoms with E-state index in [1.165, 1.54) is 0 Å². The molecule has 1 aliphatic heterocycles. The monoisotopic (exact) mass is 371 g/mol. The highest BCUT2D eigenvalue weighted by molar-refractivity contribution is 6.06. The van der Waals surface area contributed by atoms with Crippen molar-refractivity contribution in [3.8, 4) is 11.6 Å². The number of methoxy groups -OCH3 is 1. The topological polar surface area (TPSA) is 96.8 Å². The maximum Gasteiger partial charge on any atom is 0.213 e. The summed E-state index contributed by atoms with van der Waals surface area (Å²) in [4.78, 5) is 10.4. The molecule has 0 spiro atoms. The summed E-state index contributed by atoms with van der Waals surface area (Å²) < 4.78 is 11.1. The first-order valence-electron chi connectivity index (χ1n) is 9.00. The zero-order valence-electron chi connectivity index (χ0n) is 16.6. The van der Waals surface area contributed by atoms with Gasteiger partial charge < -0.3 is 20.1 Å². The summed E-state index contributed by atoms with van der Waals surface area (Å²) in [6.45, 7) is 10.9. The molecule has 1 saturated heterocycles. The summed E-state index contributed by atoms with van der Waals surface area (Å²) in [5.74, 6) is 2.20. The number of hydrogen-bond donors (Lipinski definition) is 2. The number of hydrogen-bond acceptors (Lipinski definition) is 5. The normalized spacial score (nSPS) is 16.6. The Morgan fingerprint density at radius 2 is 1.93 bits per heavy atom. The number of nitrogens with two attached hydrogens (primary N) is 1. The zero-order valence-corrected chi connectivity index (χ0v) is 16.6. The molecule has 7 heteroatoms. The third-order valence-corrected chi connectivity index (χ3v) is 4.59. The molecule has 0 aromatic carbocycles. The minimum absolute atomic E-state index is 0.115. The zero-order chi connectivity index (χ0) is 20.0. The van der Waals surface area contributed by atoms with Gasteiger partial charge in [0.15, 0.2) is 0 Å². The third-order valence-electron chi connectivity index (χ3n) is 4.59. The van der Waals surface area contributed by atoms with Crippen molar-refractivity contribution in [2.75, 3.05) is 20.2 Å². The lowest BCUT2D eigenvalue weighted by molar-refractivity contribution is 0.130. The summed E-state index contributed by atoms with van der Waals surface area (Å²) in [6.07, 6.45) is 3.48. The fourth-order valence-corrected chi connectivity index (χ4v) is 2.84. The second-order valence-electron chi connectivity index (χ2n) is 6.67. The lowest BCUT2D eigenvalue weighted by atomic mass is 10.0. The molecule has 0 atom stereocenters. The molecule has 0 aliphatic carbocycles. The van der Waals surface area contributed by atoms with E-state index in [2.05, 4.69) is 21.5 Å². The van der Waals surface area contributed by atoms with Crippen LogP contribution in [0.25, 0.3) is 0 Å². The summed E-state index contributed by atoms with van der Waals surface area (Å²) in [5.41, 5.74) is 8.29. The number of aromatic nitrogens is 1. The van der Waals surface area contributed by atoms with E-state index in [-0.39, 0.29) is 6.10 Å². The van der Waals surface area contributed by atoms with Gasteiger partial charge in [0.2, 0.25) is 5.88 Å². The van der Waals surface area contributed by atoms with E-state index in [0.29, 0.717) is 23.2 Å². The van der Waals surface area contributed by atoms with Crippen LogP contribution in [0.2, 0.25) is 0 Å². The van der Waals surface area contributed by atoms with E-state index < -0.39 is 0 Å². The van der Waals surface area contributed by atoms with Gasteiger partial charge in [0.1, 0.15) is 23.5 Å². The molecular weight excluding hydrogens is 342 g/mol. The maximum absolute atomic E-state index is 8.50. The quantitative estimate of drug-likeness (QED) is 0.591. The molecule has 1 aliphatic rings. The van der Waals surface area contributed by atoms with Crippen molar-refractivity contribution >= 4 is 11.7 Å². The fourth-order valence-electron chi connectivity index (χ4n) is 2.84.